The lowest BCUT2D eigenvalue weighted by Gasteiger charge is -2.32. The highest BCUT2D eigenvalue weighted by molar-refractivity contribution is 6.62. The molecule has 1 amide bonds. The van der Waals surface area contributed by atoms with Crippen LogP contribution in [0, 0.1) is 11.6 Å². The molecule has 1 heterocycles. The van der Waals surface area contributed by atoms with Crippen molar-refractivity contribution in [1.82, 2.24) is 4.90 Å². The lowest BCUT2D eigenvalue weighted by molar-refractivity contribution is 0.00578. The normalized spacial score (nSPS) is 18.8. The fourth-order valence-corrected chi connectivity index (χ4v) is 2.56. The minimum Gasteiger partial charge on any atom is -0.399 e. The lowest BCUT2D eigenvalue weighted by Crippen LogP contribution is -2.41. The first kappa shape index (κ1) is 18.9. The number of hydrogen-bond donors (Lipinski definition) is 0. The predicted molar refractivity (Wildman–Crippen MR) is 89.3 cm³/mol. The average molecular weight is 339 g/mol. The Kier molecular flexibility index (Phi) is 5.07. The monoisotopic (exact) mass is 339 g/mol. The lowest BCUT2D eigenvalue weighted by atomic mass is 9.78. The molecule has 0 spiro atoms. The van der Waals surface area contributed by atoms with Crippen molar-refractivity contribution in [2.45, 2.75) is 52.7 Å². The van der Waals surface area contributed by atoms with Gasteiger partial charge in [-0.2, -0.15) is 0 Å². The summed E-state index contributed by atoms with van der Waals surface area (Å²) in [5.41, 5.74) is -1.63. The average Bonchev–Trinajstić information content (AvgIpc) is 2.71. The molecule has 4 nitrogen and oxygen atoms in total. The Labute approximate surface area is 142 Å². The van der Waals surface area contributed by atoms with Crippen LogP contribution in [0.1, 0.15) is 51.9 Å². The van der Waals surface area contributed by atoms with E-state index in [2.05, 4.69) is 0 Å². The molecule has 1 fully saturated rings. The van der Waals surface area contributed by atoms with Gasteiger partial charge >= 0.3 is 7.12 Å². The molecule has 1 aliphatic heterocycles. The standard InChI is InChI=1S/C17H24BF2NO3/c1-7-21(8-2)15(22)11-9-10-12(14(20)13(11)19)18-23-16(3,4)17(5,6)24-18/h9-10H,7-8H2,1-6H3. The minimum atomic E-state index is -1.17. The molecule has 1 saturated heterocycles. The van der Waals surface area contributed by atoms with Crippen LogP contribution in [-0.4, -0.2) is 42.2 Å². The highest BCUT2D eigenvalue weighted by Crippen LogP contribution is 2.36. The van der Waals surface area contributed by atoms with Gasteiger partial charge in [-0.05, 0) is 47.6 Å². The van der Waals surface area contributed by atoms with Crippen molar-refractivity contribution in [3.8, 4) is 0 Å². The van der Waals surface area contributed by atoms with E-state index in [0.717, 1.165) is 0 Å². The van der Waals surface area contributed by atoms with E-state index in [1.165, 1.54) is 17.0 Å². The maximum Gasteiger partial charge on any atom is 0.497 e. The zero-order chi connectivity index (χ0) is 18.3. The molecule has 1 aromatic rings. The zero-order valence-corrected chi connectivity index (χ0v) is 15.1. The molecule has 0 atom stereocenters. The van der Waals surface area contributed by atoms with E-state index >= 15 is 0 Å². The van der Waals surface area contributed by atoms with Crippen LogP contribution in [-0.2, 0) is 9.31 Å². The van der Waals surface area contributed by atoms with Crippen LogP contribution in [0.5, 0.6) is 0 Å². The number of amides is 1. The molecule has 0 bridgehead atoms. The molecule has 0 saturated carbocycles. The fraction of sp³-hybridized carbons (Fsp3) is 0.588. The molecule has 7 heteroatoms. The van der Waals surface area contributed by atoms with Crippen LogP contribution in [0.2, 0.25) is 0 Å². The number of halogens is 2. The molecule has 0 unspecified atom stereocenters. The summed E-state index contributed by atoms with van der Waals surface area (Å²) in [6.07, 6.45) is 0. The Hall–Kier alpha value is -1.47. The van der Waals surface area contributed by atoms with Crippen molar-refractivity contribution >= 4 is 18.5 Å². The van der Waals surface area contributed by atoms with Crippen molar-refractivity contribution in [2.75, 3.05) is 13.1 Å². The summed E-state index contributed by atoms with van der Waals surface area (Å²) in [4.78, 5) is 13.7. The second-order valence-corrected chi connectivity index (χ2v) is 6.90. The van der Waals surface area contributed by atoms with Gasteiger partial charge < -0.3 is 14.2 Å². The summed E-state index contributed by atoms with van der Waals surface area (Å²) in [6.45, 7) is 11.8. The first-order valence-corrected chi connectivity index (χ1v) is 8.18. The van der Waals surface area contributed by atoms with Gasteiger partial charge in [0.2, 0.25) is 0 Å². The molecule has 0 aromatic heterocycles. The molecule has 0 aliphatic carbocycles. The van der Waals surface area contributed by atoms with E-state index < -0.39 is 35.9 Å². The second-order valence-electron chi connectivity index (χ2n) is 6.90. The van der Waals surface area contributed by atoms with E-state index in [9.17, 15) is 13.6 Å². The number of nitrogens with zero attached hydrogens (tertiary/aromatic N) is 1. The number of carbonyl (C=O) groups excluding carboxylic acids is 1. The quantitative estimate of drug-likeness (QED) is 0.792. The Balaban J connectivity index is 2.37. The molecule has 0 N–H and O–H groups in total. The number of carbonyl (C=O) groups is 1. The van der Waals surface area contributed by atoms with Gasteiger partial charge in [-0.3, -0.25) is 4.79 Å². The molecule has 24 heavy (non-hydrogen) atoms. The van der Waals surface area contributed by atoms with E-state index in [-0.39, 0.29) is 11.0 Å². The minimum absolute atomic E-state index is 0.0396. The SMILES string of the molecule is CCN(CC)C(=O)c1ccc(B2OC(C)(C)C(C)(C)O2)c(F)c1F. The first-order chi connectivity index (χ1) is 11.1. The highest BCUT2D eigenvalue weighted by atomic mass is 19.2. The Morgan fingerprint density at radius 3 is 2.00 bits per heavy atom. The largest absolute Gasteiger partial charge is 0.497 e. The number of rotatable bonds is 4. The Bertz CT molecular complexity index is 629. The van der Waals surface area contributed by atoms with Crippen molar-refractivity contribution in [3.63, 3.8) is 0 Å². The molecule has 1 aliphatic rings. The smallest absolute Gasteiger partial charge is 0.399 e. The van der Waals surface area contributed by atoms with Gasteiger partial charge in [0.05, 0.1) is 16.8 Å². The molecular formula is C17H24BF2NO3. The Morgan fingerprint density at radius 2 is 1.54 bits per heavy atom. The fourth-order valence-electron chi connectivity index (χ4n) is 2.56. The van der Waals surface area contributed by atoms with Crippen LogP contribution in [0.4, 0.5) is 8.78 Å². The zero-order valence-electron chi connectivity index (χ0n) is 15.1. The first-order valence-electron chi connectivity index (χ1n) is 8.18. The Morgan fingerprint density at radius 1 is 1.04 bits per heavy atom. The summed E-state index contributed by atoms with van der Waals surface area (Å²) in [7, 11) is -1.01. The molecule has 132 valence electrons. The topological polar surface area (TPSA) is 38.8 Å². The van der Waals surface area contributed by atoms with Crippen LogP contribution in [0.25, 0.3) is 0 Å². The summed E-state index contributed by atoms with van der Waals surface area (Å²) in [5.74, 6) is -2.80. The molecule has 2 rings (SSSR count). The van der Waals surface area contributed by atoms with Crippen LogP contribution < -0.4 is 5.46 Å². The van der Waals surface area contributed by atoms with Crippen molar-refractivity contribution in [3.05, 3.63) is 29.3 Å². The van der Waals surface area contributed by atoms with Crippen molar-refractivity contribution < 1.29 is 22.9 Å². The predicted octanol–water partition coefficient (Wildman–Crippen LogP) is 2.75. The van der Waals surface area contributed by atoms with E-state index in [4.69, 9.17) is 9.31 Å². The van der Waals surface area contributed by atoms with Crippen molar-refractivity contribution in [2.24, 2.45) is 0 Å². The third-order valence-corrected chi connectivity index (χ3v) is 4.90. The van der Waals surface area contributed by atoms with E-state index in [0.29, 0.717) is 13.1 Å². The van der Waals surface area contributed by atoms with E-state index in [1.807, 2.05) is 27.7 Å². The van der Waals surface area contributed by atoms with Gasteiger partial charge in [-0.25, -0.2) is 8.78 Å². The van der Waals surface area contributed by atoms with Crippen LogP contribution in [0.3, 0.4) is 0 Å². The molecule has 1 aromatic carbocycles. The maximum absolute atomic E-state index is 14.5. The van der Waals surface area contributed by atoms with Gasteiger partial charge in [0, 0.05) is 18.6 Å². The summed E-state index contributed by atoms with van der Waals surface area (Å²) in [5, 5.41) is 0. The number of benzene rings is 1. The van der Waals surface area contributed by atoms with Crippen molar-refractivity contribution in [1.29, 1.82) is 0 Å². The highest BCUT2D eigenvalue weighted by Gasteiger charge is 2.52. The van der Waals surface area contributed by atoms with Gasteiger partial charge in [-0.15, -0.1) is 0 Å². The maximum atomic E-state index is 14.5. The van der Waals surface area contributed by atoms with Gasteiger partial charge in [0.1, 0.15) is 0 Å². The van der Waals surface area contributed by atoms with E-state index in [1.54, 1.807) is 13.8 Å². The summed E-state index contributed by atoms with van der Waals surface area (Å²) < 4.78 is 40.5. The van der Waals surface area contributed by atoms with Crippen LogP contribution in [0.15, 0.2) is 12.1 Å². The van der Waals surface area contributed by atoms with Gasteiger partial charge in [0.25, 0.3) is 5.91 Å². The van der Waals surface area contributed by atoms with Crippen LogP contribution >= 0.6 is 0 Å². The molecule has 0 radical (unpaired) electrons. The summed E-state index contributed by atoms with van der Waals surface area (Å²) >= 11 is 0. The van der Waals surface area contributed by atoms with Gasteiger partial charge in [-0.1, -0.05) is 6.07 Å². The third-order valence-electron chi connectivity index (χ3n) is 4.90. The number of hydrogen-bond acceptors (Lipinski definition) is 3. The summed E-state index contributed by atoms with van der Waals surface area (Å²) in [6, 6.07) is 2.65. The third kappa shape index (κ3) is 3.07. The second kappa shape index (κ2) is 6.45. The molecular weight excluding hydrogens is 315 g/mol. The van der Waals surface area contributed by atoms with Gasteiger partial charge in [0.15, 0.2) is 11.6 Å².